The number of halogens is 1. The van der Waals surface area contributed by atoms with Gasteiger partial charge in [0.25, 0.3) is 0 Å². The van der Waals surface area contributed by atoms with Crippen LogP contribution in [0.3, 0.4) is 0 Å². The van der Waals surface area contributed by atoms with Crippen molar-refractivity contribution in [2.75, 3.05) is 38.6 Å². The van der Waals surface area contributed by atoms with E-state index in [4.69, 9.17) is 4.42 Å². The zero-order valence-corrected chi connectivity index (χ0v) is 12.0. The second-order valence-corrected chi connectivity index (χ2v) is 4.76. The van der Waals surface area contributed by atoms with E-state index in [1.54, 1.807) is 21.9 Å². The Hall–Kier alpha value is -1.70. The molecule has 0 aromatic carbocycles. The molecule has 1 aromatic rings. The van der Waals surface area contributed by atoms with Gasteiger partial charge in [-0.2, -0.15) is 0 Å². The van der Waals surface area contributed by atoms with Crippen LogP contribution in [0.1, 0.15) is 0 Å². The highest BCUT2D eigenvalue weighted by Crippen LogP contribution is 2.18. The Morgan fingerprint density at radius 1 is 1.26 bits per heavy atom. The molecule has 0 atom stereocenters. The molecular weight excluding hydrogens is 318 g/mol. The molecule has 0 unspecified atom stereocenters. The highest BCUT2D eigenvalue weighted by molar-refractivity contribution is 9.10. The summed E-state index contributed by atoms with van der Waals surface area (Å²) in [5.41, 5.74) is 0. The van der Waals surface area contributed by atoms with E-state index in [1.807, 2.05) is 0 Å². The second kappa shape index (κ2) is 5.96. The van der Waals surface area contributed by atoms with Crippen molar-refractivity contribution in [3.63, 3.8) is 0 Å². The van der Waals surface area contributed by atoms with E-state index in [9.17, 15) is 9.59 Å². The largest absolute Gasteiger partial charge is 0.453 e. The van der Waals surface area contributed by atoms with Crippen molar-refractivity contribution in [1.82, 2.24) is 9.80 Å². The van der Waals surface area contributed by atoms with Gasteiger partial charge in [0.2, 0.25) is 5.88 Å². The van der Waals surface area contributed by atoms with Crippen molar-refractivity contribution >= 4 is 33.9 Å². The number of hydrogen-bond acceptors (Lipinski definition) is 4. The first-order valence-corrected chi connectivity index (χ1v) is 6.53. The lowest BCUT2D eigenvalue weighted by molar-refractivity contribution is 0.0992. The average Bonchev–Trinajstić information content (AvgIpc) is 2.83. The van der Waals surface area contributed by atoms with E-state index in [1.165, 1.54) is 7.11 Å². The molecule has 104 valence electrons. The van der Waals surface area contributed by atoms with Crippen molar-refractivity contribution in [2.24, 2.45) is 0 Å². The van der Waals surface area contributed by atoms with Crippen LogP contribution in [-0.4, -0.2) is 55.2 Å². The SMILES string of the molecule is COC(=O)N1CCN(C(=O)Nc2ccc(Br)o2)CC1. The van der Waals surface area contributed by atoms with Crippen LogP contribution >= 0.6 is 15.9 Å². The first-order valence-electron chi connectivity index (χ1n) is 5.74. The Bertz CT molecular complexity index is 468. The molecule has 0 saturated carbocycles. The van der Waals surface area contributed by atoms with Crippen molar-refractivity contribution in [3.05, 3.63) is 16.8 Å². The van der Waals surface area contributed by atoms with Crippen LogP contribution in [0.15, 0.2) is 21.2 Å². The maximum absolute atomic E-state index is 11.9. The van der Waals surface area contributed by atoms with E-state index < -0.39 is 0 Å². The van der Waals surface area contributed by atoms with Crippen molar-refractivity contribution < 1.29 is 18.7 Å². The lowest BCUT2D eigenvalue weighted by Crippen LogP contribution is -2.51. The molecule has 1 aliphatic rings. The number of carbonyl (C=O) groups excluding carboxylic acids is 2. The number of urea groups is 1. The fourth-order valence-electron chi connectivity index (χ4n) is 1.79. The molecule has 0 spiro atoms. The van der Waals surface area contributed by atoms with Gasteiger partial charge in [0, 0.05) is 32.2 Å². The topological polar surface area (TPSA) is 75.0 Å². The van der Waals surface area contributed by atoms with Gasteiger partial charge in [0.15, 0.2) is 4.67 Å². The zero-order chi connectivity index (χ0) is 13.8. The van der Waals surface area contributed by atoms with Gasteiger partial charge in [0.05, 0.1) is 7.11 Å². The summed E-state index contributed by atoms with van der Waals surface area (Å²) >= 11 is 3.16. The lowest BCUT2D eigenvalue weighted by atomic mass is 10.3. The van der Waals surface area contributed by atoms with Gasteiger partial charge in [0.1, 0.15) is 0 Å². The Kier molecular flexibility index (Phi) is 4.31. The summed E-state index contributed by atoms with van der Waals surface area (Å²) in [5.74, 6) is 0.382. The first-order chi connectivity index (χ1) is 9.10. The molecule has 2 heterocycles. The van der Waals surface area contributed by atoms with Crippen LogP contribution in [0.5, 0.6) is 0 Å². The predicted molar refractivity (Wildman–Crippen MR) is 71.0 cm³/mol. The predicted octanol–water partition coefficient (Wildman–Crippen LogP) is 1.96. The quantitative estimate of drug-likeness (QED) is 0.853. The molecule has 0 aliphatic carbocycles. The molecule has 1 N–H and O–H groups in total. The van der Waals surface area contributed by atoms with Crippen LogP contribution in [0, 0.1) is 0 Å². The number of ether oxygens (including phenoxy) is 1. The fraction of sp³-hybridized carbons (Fsp3) is 0.455. The molecule has 0 bridgehead atoms. The van der Waals surface area contributed by atoms with Gasteiger partial charge in [-0.05, 0) is 22.0 Å². The summed E-state index contributed by atoms with van der Waals surface area (Å²) in [5, 5.41) is 2.65. The Balaban J connectivity index is 1.84. The number of piperazine rings is 1. The van der Waals surface area contributed by atoms with Crippen LogP contribution in [0.25, 0.3) is 0 Å². The third kappa shape index (κ3) is 3.40. The maximum atomic E-state index is 11.9. The molecule has 3 amide bonds. The first kappa shape index (κ1) is 13.7. The summed E-state index contributed by atoms with van der Waals surface area (Å²) < 4.78 is 10.4. The number of furan rings is 1. The van der Waals surface area contributed by atoms with Crippen molar-refractivity contribution in [1.29, 1.82) is 0 Å². The third-order valence-electron chi connectivity index (χ3n) is 2.80. The summed E-state index contributed by atoms with van der Waals surface area (Å²) in [6.07, 6.45) is -0.366. The molecule has 0 radical (unpaired) electrons. The number of nitrogens with one attached hydrogen (secondary N) is 1. The van der Waals surface area contributed by atoms with Crippen LogP contribution in [0.2, 0.25) is 0 Å². The van der Waals surface area contributed by atoms with Crippen molar-refractivity contribution in [3.8, 4) is 0 Å². The second-order valence-electron chi connectivity index (χ2n) is 3.98. The van der Waals surface area contributed by atoms with Gasteiger partial charge in [-0.15, -0.1) is 0 Å². The Morgan fingerprint density at radius 3 is 2.42 bits per heavy atom. The fourth-order valence-corrected chi connectivity index (χ4v) is 2.09. The summed E-state index contributed by atoms with van der Waals surface area (Å²) in [6, 6.07) is 3.11. The summed E-state index contributed by atoms with van der Waals surface area (Å²) in [7, 11) is 1.34. The van der Waals surface area contributed by atoms with Gasteiger partial charge in [-0.25, -0.2) is 9.59 Å². The van der Waals surface area contributed by atoms with Gasteiger partial charge in [-0.3, -0.25) is 5.32 Å². The smallest absolute Gasteiger partial charge is 0.409 e. The number of amides is 3. The van der Waals surface area contributed by atoms with Gasteiger partial charge in [-0.1, -0.05) is 0 Å². The minimum Gasteiger partial charge on any atom is -0.453 e. The molecule has 1 fully saturated rings. The lowest BCUT2D eigenvalue weighted by Gasteiger charge is -2.33. The molecule has 19 heavy (non-hydrogen) atoms. The number of hydrogen-bond donors (Lipinski definition) is 1. The number of methoxy groups -OCH3 is 1. The Labute approximate surface area is 118 Å². The molecule has 1 aliphatic heterocycles. The minimum atomic E-state index is -0.366. The summed E-state index contributed by atoms with van der Waals surface area (Å²) in [4.78, 5) is 26.4. The highest BCUT2D eigenvalue weighted by Gasteiger charge is 2.24. The molecule has 8 heteroatoms. The van der Waals surface area contributed by atoms with E-state index in [0.29, 0.717) is 36.7 Å². The number of carbonyl (C=O) groups is 2. The van der Waals surface area contributed by atoms with E-state index in [2.05, 4.69) is 26.0 Å². The molecular formula is C11H14BrN3O4. The molecule has 2 rings (SSSR count). The minimum absolute atomic E-state index is 0.244. The van der Waals surface area contributed by atoms with E-state index in [0.717, 1.165) is 0 Å². The monoisotopic (exact) mass is 331 g/mol. The van der Waals surface area contributed by atoms with Crippen LogP contribution in [0.4, 0.5) is 15.5 Å². The van der Waals surface area contributed by atoms with Crippen molar-refractivity contribution in [2.45, 2.75) is 0 Å². The number of anilines is 1. The molecule has 1 saturated heterocycles. The summed E-state index contributed by atoms with van der Waals surface area (Å²) in [6.45, 7) is 1.84. The van der Waals surface area contributed by atoms with Gasteiger partial charge < -0.3 is 19.0 Å². The molecule has 1 aromatic heterocycles. The van der Waals surface area contributed by atoms with Crippen LogP contribution < -0.4 is 5.32 Å². The number of rotatable bonds is 1. The number of nitrogens with zero attached hydrogens (tertiary/aromatic N) is 2. The molecule has 7 nitrogen and oxygen atoms in total. The van der Waals surface area contributed by atoms with Crippen LogP contribution in [-0.2, 0) is 4.74 Å². The highest BCUT2D eigenvalue weighted by atomic mass is 79.9. The van der Waals surface area contributed by atoms with E-state index in [-0.39, 0.29) is 12.1 Å². The standard InChI is InChI=1S/C11H14BrN3O4/c1-18-11(17)15-6-4-14(5-7-15)10(16)13-9-3-2-8(12)19-9/h2-3H,4-7H2,1H3,(H,13,16). The normalized spacial score (nSPS) is 15.3. The average molecular weight is 332 g/mol. The Morgan fingerprint density at radius 2 is 1.89 bits per heavy atom. The third-order valence-corrected chi connectivity index (χ3v) is 3.23. The zero-order valence-electron chi connectivity index (χ0n) is 10.4. The maximum Gasteiger partial charge on any atom is 0.409 e. The van der Waals surface area contributed by atoms with Gasteiger partial charge >= 0.3 is 12.1 Å². The van der Waals surface area contributed by atoms with E-state index >= 15 is 0 Å².